The van der Waals surface area contributed by atoms with Crippen LogP contribution in [0.5, 0.6) is 0 Å². The molecule has 0 aromatic carbocycles. The van der Waals surface area contributed by atoms with Gasteiger partial charge < -0.3 is 25.4 Å². The van der Waals surface area contributed by atoms with Crippen LogP contribution >= 0.6 is 0 Å². The molecule has 162 valence electrons. The molecule has 1 aliphatic carbocycles. The summed E-state index contributed by atoms with van der Waals surface area (Å²) in [5, 5.41) is 16.5. The number of hydrogen-bond acceptors (Lipinski definition) is 5. The molecule has 29 heavy (non-hydrogen) atoms. The number of nitrogens with zero attached hydrogens (tertiary/aromatic N) is 3. The van der Waals surface area contributed by atoms with Crippen molar-refractivity contribution >= 4 is 11.8 Å². The first-order valence-electron chi connectivity index (χ1n) is 11.2. The van der Waals surface area contributed by atoms with Crippen LogP contribution in [0, 0.1) is 5.41 Å². The highest BCUT2D eigenvalue weighted by atomic mass is 16.5. The second-order valence-corrected chi connectivity index (χ2v) is 8.17. The summed E-state index contributed by atoms with van der Waals surface area (Å²) in [7, 11) is 0. The predicted octanol–water partition coefficient (Wildman–Crippen LogP) is 2.31. The molecule has 0 radical (unpaired) electrons. The Hall–Kier alpha value is -1.86. The summed E-state index contributed by atoms with van der Waals surface area (Å²) in [5.74, 6) is 1.85. The summed E-state index contributed by atoms with van der Waals surface area (Å²) in [6.45, 7) is 7.85. The van der Waals surface area contributed by atoms with E-state index in [2.05, 4.69) is 33.5 Å². The second kappa shape index (κ2) is 11.4. The minimum absolute atomic E-state index is 0.191. The molecule has 0 unspecified atom stereocenters. The molecule has 0 bridgehead atoms. The average molecular weight is 404 g/mol. The summed E-state index contributed by atoms with van der Waals surface area (Å²) < 4.78 is 5.48. The zero-order valence-corrected chi connectivity index (χ0v) is 17.8. The summed E-state index contributed by atoms with van der Waals surface area (Å²) in [5.41, 5.74) is 1.32. The molecule has 2 heterocycles. The van der Waals surface area contributed by atoms with Crippen molar-refractivity contribution in [2.24, 2.45) is 10.4 Å². The van der Waals surface area contributed by atoms with E-state index in [1.54, 1.807) is 0 Å². The molecule has 1 aliphatic heterocycles. The van der Waals surface area contributed by atoms with Gasteiger partial charge in [0, 0.05) is 44.5 Å². The van der Waals surface area contributed by atoms with Crippen LogP contribution < -0.4 is 15.5 Å². The number of hydrogen-bond donors (Lipinski definition) is 3. The van der Waals surface area contributed by atoms with E-state index in [0.29, 0.717) is 6.54 Å². The molecule has 1 aromatic rings. The van der Waals surface area contributed by atoms with Crippen molar-refractivity contribution in [3.8, 4) is 0 Å². The number of morpholine rings is 1. The van der Waals surface area contributed by atoms with Gasteiger partial charge in [0.1, 0.15) is 5.82 Å². The number of aromatic nitrogens is 1. The van der Waals surface area contributed by atoms with Gasteiger partial charge in [-0.25, -0.2) is 9.98 Å². The number of ether oxygens (including phenoxy) is 1. The fourth-order valence-corrected chi connectivity index (χ4v) is 4.44. The number of nitrogens with one attached hydrogen (secondary N) is 2. The zero-order valence-electron chi connectivity index (χ0n) is 17.8. The lowest BCUT2D eigenvalue weighted by molar-refractivity contribution is 0.122. The van der Waals surface area contributed by atoms with Crippen LogP contribution in [0.3, 0.4) is 0 Å². The Morgan fingerprint density at radius 3 is 2.76 bits per heavy atom. The van der Waals surface area contributed by atoms with Gasteiger partial charge in [0.05, 0.1) is 19.8 Å². The van der Waals surface area contributed by atoms with Crippen LogP contribution in [0.4, 0.5) is 5.82 Å². The first-order valence-corrected chi connectivity index (χ1v) is 11.2. The standard InChI is InChI=1S/C22H37N5O2/c1-2-23-21(26-18-22(10-14-28)8-4-3-5-9-22)25-17-19-7-6-11-24-20(19)27-12-15-29-16-13-27/h6-7,11,28H,2-5,8-10,12-18H2,1H3,(H2,23,25,26). The zero-order chi connectivity index (χ0) is 20.4. The molecule has 1 aromatic heterocycles. The van der Waals surface area contributed by atoms with Crippen molar-refractivity contribution in [1.82, 2.24) is 15.6 Å². The van der Waals surface area contributed by atoms with Crippen molar-refractivity contribution < 1.29 is 9.84 Å². The molecule has 0 atom stereocenters. The number of rotatable bonds is 8. The van der Waals surface area contributed by atoms with E-state index >= 15 is 0 Å². The van der Waals surface area contributed by atoms with Gasteiger partial charge in [-0.1, -0.05) is 25.3 Å². The van der Waals surface area contributed by atoms with Gasteiger partial charge in [-0.2, -0.15) is 0 Å². The Labute approximate surface area is 175 Å². The normalized spacial score (nSPS) is 19.8. The van der Waals surface area contributed by atoms with E-state index in [1.165, 1.54) is 32.1 Å². The largest absolute Gasteiger partial charge is 0.396 e. The Kier molecular flexibility index (Phi) is 8.55. The molecule has 7 nitrogen and oxygen atoms in total. The maximum atomic E-state index is 9.56. The van der Waals surface area contributed by atoms with Crippen molar-refractivity contribution in [2.45, 2.75) is 52.0 Å². The molecule has 2 fully saturated rings. The Balaban J connectivity index is 1.66. The van der Waals surface area contributed by atoms with Crippen LogP contribution in [0.15, 0.2) is 23.3 Å². The maximum absolute atomic E-state index is 9.56. The summed E-state index contributed by atoms with van der Waals surface area (Å²) >= 11 is 0. The van der Waals surface area contributed by atoms with Crippen molar-refractivity contribution in [2.75, 3.05) is 50.9 Å². The van der Waals surface area contributed by atoms with E-state index in [4.69, 9.17) is 9.73 Å². The molecule has 0 spiro atoms. The van der Waals surface area contributed by atoms with Crippen LogP contribution in [0.2, 0.25) is 0 Å². The van der Waals surface area contributed by atoms with E-state index in [-0.39, 0.29) is 12.0 Å². The minimum atomic E-state index is 0.191. The molecule has 1 saturated heterocycles. The molecule has 0 amide bonds. The molecule has 3 rings (SSSR count). The fraction of sp³-hybridized carbons (Fsp3) is 0.727. The highest BCUT2D eigenvalue weighted by molar-refractivity contribution is 5.79. The van der Waals surface area contributed by atoms with Crippen molar-refractivity contribution in [1.29, 1.82) is 0 Å². The van der Waals surface area contributed by atoms with E-state index in [1.807, 2.05) is 12.3 Å². The molecule has 7 heteroatoms. The van der Waals surface area contributed by atoms with E-state index in [0.717, 1.165) is 63.2 Å². The number of anilines is 1. The average Bonchev–Trinajstić information content (AvgIpc) is 2.77. The van der Waals surface area contributed by atoms with E-state index in [9.17, 15) is 5.11 Å². The van der Waals surface area contributed by atoms with Gasteiger partial charge in [-0.3, -0.25) is 0 Å². The van der Waals surface area contributed by atoms with Gasteiger partial charge in [-0.05, 0) is 37.7 Å². The van der Waals surface area contributed by atoms with Gasteiger partial charge in [-0.15, -0.1) is 0 Å². The monoisotopic (exact) mass is 403 g/mol. The molecular formula is C22H37N5O2. The maximum Gasteiger partial charge on any atom is 0.191 e. The highest BCUT2D eigenvalue weighted by Crippen LogP contribution is 2.38. The quantitative estimate of drug-likeness (QED) is 0.456. The lowest BCUT2D eigenvalue weighted by atomic mass is 9.72. The second-order valence-electron chi connectivity index (χ2n) is 8.17. The number of aliphatic imine (C=N–C) groups is 1. The lowest BCUT2D eigenvalue weighted by Gasteiger charge is -2.37. The van der Waals surface area contributed by atoms with Gasteiger partial charge in [0.15, 0.2) is 5.96 Å². The SMILES string of the molecule is CCNC(=NCc1cccnc1N1CCOCC1)NCC1(CCO)CCCCC1. The van der Waals surface area contributed by atoms with Crippen LogP contribution in [-0.2, 0) is 11.3 Å². The van der Waals surface area contributed by atoms with E-state index < -0.39 is 0 Å². The lowest BCUT2D eigenvalue weighted by Crippen LogP contribution is -2.45. The highest BCUT2D eigenvalue weighted by Gasteiger charge is 2.31. The summed E-state index contributed by atoms with van der Waals surface area (Å²) in [4.78, 5) is 11.7. The van der Waals surface area contributed by atoms with Gasteiger partial charge >= 0.3 is 0 Å². The summed E-state index contributed by atoms with van der Waals surface area (Å²) in [6, 6.07) is 4.09. The summed E-state index contributed by atoms with van der Waals surface area (Å²) in [6.07, 6.45) is 8.91. The Morgan fingerprint density at radius 1 is 1.24 bits per heavy atom. The predicted molar refractivity (Wildman–Crippen MR) is 117 cm³/mol. The van der Waals surface area contributed by atoms with Crippen LogP contribution in [0.1, 0.15) is 51.0 Å². The number of aliphatic hydroxyl groups excluding tert-OH is 1. The first-order chi connectivity index (χ1) is 14.3. The topological polar surface area (TPSA) is 82.0 Å². The third-order valence-corrected chi connectivity index (χ3v) is 6.12. The van der Waals surface area contributed by atoms with Crippen molar-refractivity contribution in [3.63, 3.8) is 0 Å². The number of pyridine rings is 1. The van der Waals surface area contributed by atoms with Gasteiger partial charge in [0.25, 0.3) is 0 Å². The third kappa shape index (κ3) is 6.31. The molecule has 1 saturated carbocycles. The molecule has 2 aliphatic rings. The fourth-order valence-electron chi connectivity index (χ4n) is 4.44. The molecular weight excluding hydrogens is 366 g/mol. The third-order valence-electron chi connectivity index (χ3n) is 6.12. The smallest absolute Gasteiger partial charge is 0.191 e. The van der Waals surface area contributed by atoms with Crippen LogP contribution in [-0.4, -0.2) is 62.0 Å². The van der Waals surface area contributed by atoms with Gasteiger partial charge in [0.2, 0.25) is 0 Å². The Bertz CT molecular complexity index is 634. The molecule has 3 N–H and O–H groups in total. The number of guanidine groups is 1. The number of aliphatic hydroxyl groups is 1. The van der Waals surface area contributed by atoms with Crippen LogP contribution in [0.25, 0.3) is 0 Å². The minimum Gasteiger partial charge on any atom is -0.396 e. The first kappa shape index (κ1) is 21.8. The van der Waals surface area contributed by atoms with Crippen molar-refractivity contribution in [3.05, 3.63) is 23.9 Å². The Morgan fingerprint density at radius 2 is 2.03 bits per heavy atom.